The van der Waals surface area contributed by atoms with E-state index < -0.39 is 81.2 Å². The van der Waals surface area contributed by atoms with Gasteiger partial charge in [-0.2, -0.15) is 22.6 Å². The Morgan fingerprint density at radius 1 is 1.14 bits per heavy atom. The third kappa shape index (κ3) is 7.54. The Morgan fingerprint density at radius 2 is 1.82 bits per heavy atom. The SMILES string of the molecule is CCC(c1cnn2cc([C@@H](NC(=O)OC(C)(C)C)C3CCC(F)(F)CC3)nc2c1)C1C[C@@H](C(F)(F)F)N(S(=O)(=O)C2(C)C=CC=CC2=O)C1. The second-order valence-corrected chi connectivity index (χ2v) is 16.7. The van der Waals surface area contributed by atoms with Crippen LogP contribution in [0.1, 0.15) is 96.4 Å². The molecule has 1 saturated heterocycles. The van der Waals surface area contributed by atoms with Crippen LogP contribution in [0.2, 0.25) is 0 Å². The Labute approximate surface area is 282 Å². The third-order valence-corrected chi connectivity index (χ3v) is 12.2. The molecule has 5 atom stereocenters. The number of rotatable bonds is 8. The summed E-state index contributed by atoms with van der Waals surface area (Å²) in [4.78, 5) is 30.2. The van der Waals surface area contributed by atoms with Crippen molar-refractivity contribution < 1.29 is 44.7 Å². The molecule has 1 saturated carbocycles. The Morgan fingerprint density at radius 3 is 2.41 bits per heavy atom. The molecule has 3 aliphatic rings. The van der Waals surface area contributed by atoms with Crippen molar-refractivity contribution in [2.75, 3.05) is 6.54 Å². The van der Waals surface area contributed by atoms with Crippen molar-refractivity contribution >= 4 is 27.5 Å². The monoisotopic (exact) mass is 715 g/mol. The molecule has 3 heterocycles. The molecule has 1 N–H and O–H groups in total. The van der Waals surface area contributed by atoms with Gasteiger partial charge in [-0.05, 0) is 88.8 Å². The van der Waals surface area contributed by atoms with Crippen LogP contribution in [0, 0.1) is 11.8 Å². The van der Waals surface area contributed by atoms with E-state index in [4.69, 9.17) is 4.74 Å². The van der Waals surface area contributed by atoms with E-state index in [1.54, 1.807) is 40.0 Å². The minimum atomic E-state index is -4.88. The van der Waals surface area contributed by atoms with E-state index in [2.05, 4.69) is 15.4 Å². The summed E-state index contributed by atoms with van der Waals surface area (Å²) in [6.45, 7) is 7.53. The van der Waals surface area contributed by atoms with Crippen molar-refractivity contribution in [1.82, 2.24) is 24.2 Å². The molecule has 0 bridgehead atoms. The molecule has 0 aromatic carbocycles. The Balaban J connectivity index is 1.45. The number of fused-ring (bicyclic) bond motifs is 1. The molecule has 270 valence electrons. The summed E-state index contributed by atoms with van der Waals surface area (Å²) in [6, 6.07) is -1.44. The Bertz CT molecular complexity index is 1740. The number of carbonyl (C=O) groups excluding carboxylic acids is 2. The van der Waals surface area contributed by atoms with Gasteiger partial charge < -0.3 is 10.1 Å². The minimum Gasteiger partial charge on any atom is -0.444 e. The number of sulfonamides is 1. The van der Waals surface area contributed by atoms with Crippen LogP contribution in [0.5, 0.6) is 0 Å². The van der Waals surface area contributed by atoms with Gasteiger partial charge in [0, 0.05) is 19.4 Å². The van der Waals surface area contributed by atoms with Crippen LogP contribution >= 0.6 is 0 Å². The maximum Gasteiger partial charge on any atom is 0.408 e. The predicted molar refractivity (Wildman–Crippen MR) is 170 cm³/mol. The number of alkyl halides is 5. The smallest absolute Gasteiger partial charge is 0.408 e. The zero-order valence-corrected chi connectivity index (χ0v) is 28.8. The third-order valence-electron chi connectivity index (χ3n) is 9.79. The van der Waals surface area contributed by atoms with E-state index in [0.29, 0.717) is 27.6 Å². The predicted octanol–water partition coefficient (Wildman–Crippen LogP) is 6.65. The van der Waals surface area contributed by atoms with Crippen LogP contribution in [-0.2, 0) is 19.6 Å². The Kier molecular flexibility index (Phi) is 9.82. The highest BCUT2D eigenvalue weighted by Crippen LogP contribution is 2.46. The van der Waals surface area contributed by atoms with Gasteiger partial charge in [0.05, 0.1) is 24.1 Å². The van der Waals surface area contributed by atoms with Crippen molar-refractivity contribution in [3.63, 3.8) is 0 Å². The second kappa shape index (κ2) is 13.1. The van der Waals surface area contributed by atoms with Crippen LogP contribution in [-0.4, -0.2) is 74.2 Å². The van der Waals surface area contributed by atoms with Gasteiger partial charge in [0.15, 0.2) is 16.2 Å². The first kappa shape index (κ1) is 36.9. The van der Waals surface area contributed by atoms with Gasteiger partial charge in [0.1, 0.15) is 11.6 Å². The van der Waals surface area contributed by atoms with E-state index in [1.807, 2.05) is 0 Å². The van der Waals surface area contributed by atoms with Crippen molar-refractivity contribution in [2.24, 2.45) is 11.8 Å². The lowest BCUT2D eigenvalue weighted by Gasteiger charge is -2.34. The first-order chi connectivity index (χ1) is 22.6. The fraction of sp³-hybridized carbons (Fsp3) is 0.636. The number of halogens is 5. The van der Waals surface area contributed by atoms with E-state index in [9.17, 15) is 40.0 Å². The van der Waals surface area contributed by atoms with E-state index in [1.165, 1.54) is 22.9 Å². The standard InChI is InChI=1S/C33H42F5N5O5S/c1-6-23(22-15-25(33(36,37)38)43(18-22)49(46,47)31(5)12-8-7-9-26(31)44)21-16-27-40-24(19-42(27)39-17-21)28(41-29(45)48-30(2,3)4)20-10-13-32(34,35)14-11-20/h7-9,12,16-17,19-20,22-23,25,28H,6,10-11,13-15,18H2,1-5H3,(H,41,45)/t22?,23?,25-,28-,31?/m0/s1. The molecule has 1 aliphatic heterocycles. The summed E-state index contributed by atoms with van der Waals surface area (Å²) in [6.07, 6.45) is 1.70. The lowest BCUT2D eigenvalue weighted by atomic mass is 9.81. The maximum absolute atomic E-state index is 14.4. The average molecular weight is 716 g/mol. The number of ketones is 1. The molecule has 10 nitrogen and oxygen atoms in total. The molecule has 3 unspecified atom stereocenters. The summed E-state index contributed by atoms with van der Waals surface area (Å²) in [5.74, 6) is -5.30. The van der Waals surface area contributed by atoms with Crippen LogP contribution < -0.4 is 5.32 Å². The van der Waals surface area contributed by atoms with Crippen LogP contribution in [0.3, 0.4) is 0 Å². The largest absolute Gasteiger partial charge is 0.444 e. The number of alkyl carbamates (subject to hydrolysis) is 1. The topological polar surface area (TPSA) is 123 Å². The van der Waals surface area contributed by atoms with Gasteiger partial charge in [0.25, 0.3) is 0 Å². The summed E-state index contributed by atoms with van der Waals surface area (Å²) < 4.78 is 104. The van der Waals surface area contributed by atoms with Crippen molar-refractivity contribution in [2.45, 2.75) is 114 Å². The quantitative estimate of drug-likeness (QED) is 0.304. The van der Waals surface area contributed by atoms with Gasteiger partial charge >= 0.3 is 12.3 Å². The number of nitrogens with zero attached hydrogens (tertiary/aromatic N) is 4. The fourth-order valence-corrected chi connectivity index (χ4v) is 9.13. The van der Waals surface area contributed by atoms with Gasteiger partial charge in [-0.25, -0.2) is 31.5 Å². The molecule has 16 heteroatoms. The van der Waals surface area contributed by atoms with Gasteiger partial charge in [-0.1, -0.05) is 25.2 Å². The molecule has 0 spiro atoms. The maximum atomic E-state index is 14.4. The van der Waals surface area contributed by atoms with Crippen LogP contribution in [0.25, 0.3) is 5.65 Å². The van der Waals surface area contributed by atoms with Crippen LogP contribution in [0.15, 0.2) is 42.8 Å². The van der Waals surface area contributed by atoms with Crippen molar-refractivity contribution in [1.29, 1.82) is 0 Å². The molecule has 0 radical (unpaired) electrons. The average Bonchev–Trinajstić information content (AvgIpc) is 3.63. The van der Waals surface area contributed by atoms with Crippen molar-refractivity contribution in [3.05, 3.63) is 54.0 Å². The van der Waals surface area contributed by atoms with Gasteiger partial charge in [0.2, 0.25) is 15.9 Å². The normalized spacial score (nSPS) is 26.6. The fourth-order valence-electron chi connectivity index (χ4n) is 7.15. The molecule has 2 aromatic heterocycles. The molecule has 1 amide bonds. The number of allylic oxidation sites excluding steroid dienone is 3. The number of carbonyl (C=O) groups is 2. The molecule has 2 aliphatic carbocycles. The zero-order chi connectivity index (χ0) is 36.2. The Hall–Kier alpha value is -3.40. The first-order valence-electron chi connectivity index (χ1n) is 16.4. The number of ether oxygens (including phenoxy) is 1. The molecular weight excluding hydrogens is 673 g/mol. The van der Waals surface area contributed by atoms with Crippen molar-refractivity contribution in [3.8, 4) is 0 Å². The lowest BCUT2D eigenvalue weighted by molar-refractivity contribution is -0.165. The number of nitrogens with one attached hydrogen (secondary N) is 1. The molecule has 2 fully saturated rings. The highest BCUT2D eigenvalue weighted by Gasteiger charge is 2.59. The first-order valence-corrected chi connectivity index (χ1v) is 17.8. The highest BCUT2D eigenvalue weighted by molar-refractivity contribution is 7.91. The summed E-state index contributed by atoms with van der Waals surface area (Å²) in [5.41, 5.74) is 0.405. The number of amides is 1. The van der Waals surface area contributed by atoms with E-state index in [-0.39, 0.29) is 31.6 Å². The van der Waals surface area contributed by atoms with E-state index in [0.717, 1.165) is 19.1 Å². The second-order valence-electron chi connectivity index (χ2n) is 14.4. The molecule has 49 heavy (non-hydrogen) atoms. The minimum absolute atomic E-state index is 0.135. The zero-order valence-electron chi connectivity index (χ0n) is 28.0. The summed E-state index contributed by atoms with van der Waals surface area (Å²) in [5, 5.41) is 7.24. The summed E-state index contributed by atoms with van der Waals surface area (Å²) in [7, 11) is -4.78. The van der Waals surface area contributed by atoms with Gasteiger partial charge in [-0.3, -0.25) is 4.79 Å². The lowest BCUT2D eigenvalue weighted by Crippen LogP contribution is -2.54. The van der Waals surface area contributed by atoms with Gasteiger partial charge in [-0.15, -0.1) is 0 Å². The highest BCUT2D eigenvalue weighted by atomic mass is 32.2. The molecular formula is C33H42F5N5O5S. The summed E-state index contributed by atoms with van der Waals surface area (Å²) >= 11 is 0. The number of aromatic nitrogens is 3. The van der Waals surface area contributed by atoms with E-state index >= 15 is 0 Å². The number of hydrogen-bond acceptors (Lipinski definition) is 7. The number of hydrogen-bond donors (Lipinski definition) is 1. The molecule has 2 aromatic rings. The van der Waals surface area contributed by atoms with Crippen LogP contribution in [0.4, 0.5) is 26.7 Å². The molecule has 5 rings (SSSR count). The number of imidazole rings is 1.